The molecule has 0 fully saturated rings. The number of nitrogens with two attached hydrogens (primary N) is 1. The van der Waals surface area contributed by atoms with Crippen molar-refractivity contribution in [3.8, 4) is 11.3 Å². The van der Waals surface area contributed by atoms with Crippen LogP contribution in [0.3, 0.4) is 0 Å². The molecular formula is C22H25N5OS. The average molecular weight is 408 g/mol. The number of primary amides is 1. The molecule has 2 aromatic heterocycles. The lowest BCUT2D eigenvalue weighted by Crippen LogP contribution is -2.35. The molecule has 0 bridgehead atoms. The second-order valence-corrected chi connectivity index (χ2v) is 9.59. The van der Waals surface area contributed by atoms with E-state index in [0.717, 1.165) is 28.8 Å². The summed E-state index contributed by atoms with van der Waals surface area (Å²) in [5.41, 5.74) is 11.7. The van der Waals surface area contributed by atoms with Crippen LogP contribution in [-0.4, -0.2) is 31.1 Å². The predicted octanol–water partition coefficient (Wildman–Crippen LogP) is 4.18. The Morgan fingerprint density at radius 2 is 2.07 bits per heavy atom. The van der Waals surface area contributed by atoms with Gasteiger partial charge < -0.3 is 15.6 Å². The van der Waals surface area contributed by atoms with E-state index < -0.39 is 0 Å². The lowest BCUT2D eigenvalue weighted by molar-refractivity contribution is -0.113. The van der Waals surface area contributed by atoms with Crippen molar-refractivity contribution in [1.29, 1.82) is 0 Å². The van der Waals surface area contributed by atoms with E-state index in [2.05, 4.69) is 65.7 Å². The monoisotopic (exact) mass is 407 g/mol. The summed E-state index contributed by atoms with van der Waals surface area (Å²) < 4.78 is 0. The minimum atomic E-state index is -0.363. The Labute approximate surface area is 174 Å². The SMILES string of the molecule is Cc1cc(-c2ncnc3cc[nH]c23)ccc1CN1C=C(C(N)=O)SC1C(C)(C)C. The number of benzene rings is 1. The van der Waals surface area contributed by atoms with Crippen molar-refractivity contribution in [3.63, 3.8) is 0 Å². The Morgan fingerprint density at radius 3 is 2.76 bits per heavy atom. The minimum Gasteiger partial charge on any atom is -0.365 e. The van der Waals surface area contributed by atoms with Crippen LogP contribution in [0, 0.1) is 12.3 Å². The first-order valence-corrected chi connectivity index (χ1v) is 10.4. The van der Waals surface area contributed by atoms with E-state index in [4.69, 9.17) is 5.73 Å². The number of thioether (sulfide) groups is 1. The minimum absolute atomic E-state index is 0.00634. The van der Waals surface area contributed by atoms with Gasteiger partial charge in [-0.25, -0.2) is 9.97 Å². The maximum Gasteiger partial charge on any atom is 0.256 e. The van der Waals surface area contributed by atoms with Gasteiger partial charge in [0.25, 0.3) is 5.91 Å². The number of fused-ring (bicyclic) bond motifs is 1. The summed E-state index contributed by atoms with van der Waals surface area (Å²) in [5, 5.41) is 0.157. The highest BCUT2D eigenvalue weighted by atomic mass is 32.2. The first-order valence-electron chi connectivity index (χ1n) is 9.56. The van der Waals surface area contributed by atoms with Crippen molar-refractivity contribution in [2.75, 3.05) is 0 Å². The van der Waals surface area contributed by atoms with Gasteiger partial charge in [-0.05, 0) is 35.6 Å². The van der Waals surface area contributed by atoms with Crippen LogP contribution in [0.5, 0.6) is 0 Å². The van der Waals surface area contributed by atoms with Crippen LogP contribution in [0.2, 0.25) is 0 Å². The molecular weight excluding hydrogens is 382 g/mol. The Bertz CT molecular complexity index is 1110. The van der Waals surface area contributed by atoms with Gasteiger partial charge in [-0.15, -0.1) is 0 Å². The topological polar surface area (TPSA) is 87.9 Å². The fraction of sp³-hybridized carbons (Fsp3) is 0.318. The van der Waals surface area contributed by atoms with Crippen LogP contribution in [0.15, 0.2) is 47.9 Å². The number of rotatable bonds is 4. The predicted molar refractivity (Wildman–Crippen MR) is 118 cm³/mol. The van der Waals surface area contributed by atoms with Crippen LogP contribution < -0.4 is 5.73 Å². The number of H-pyrrole nitrogens is 1. The summed E-state index contributed by atoms with van der Waals surface area (Å²) in [5.74, 6) is -0.363. The quantitative estimate of drug-likeness (QED) is 0.677. The Morgan fingerprint density at radius 1 is 1.28 bits per heavy atom. The molecule has 3 N–H and O–H groups in total. The highest BCUT2D eigenvalue weighted by molar-refractivity contribution is 8.04. The van der Waals surface area contributed by atoms with Crippen LogP contribution in [0.4, 0.5) is 0 Å². The molecule has 0 radical (unpaired) electrons. The molecule has 3 heterocycles. The number of amides is 1. The molecule has 1 atom stereocenters. The van der Waals surface area contributed by atoms with Crippen LogP contribution in [0.25, 0.3) is 22.3 Å². The lowest BCUT2D eigenvalue weighted by Gasteiger charge is -2.35. The summed E-state index contributed by atoms with van der Waals surface area (Å²) in [4.78, 5) is 26.6. The molecule has 150 valence electrons. The number of aromatic amines is 1. The summed E-state index contributed by atoms with van der Waals surface area (Å²) >= 11 is 1.55. The van der Waals surface area contributed by atoms with E-state index in [1.54, 1.807) is 18.1 Å². The van der Waals surface area contributed by atoms with Gasteiger partial charge >= 0.3 is 0 Å². The average Bonchev–Trinajstić information content (AvgIpc) is 3.29. The largest absolute Gasteiger partial charge is 0.365 e. The van der Waals surface area contributed by atoms with Gasteiger partial charge in [0, 0.05) is 24.5 Å². The highest BCUT2D eigenvalue weighted by Gasteiger charge is 2.36. The standard InChI is InChI=1S/C22H25N5OS/c1-13-9-14(18-19-16(7-8-24-19)25-12-26-18)5-6-15(13)10-27-11-17(20(23)28)29-21(27)22(2,3)4/h5-9,11-12,21,24H,10H2,1-4H3,(H2,23,28). The maximum absolute atomic E-state index is 11.7. The van der Waals surface area contributed by atoms with Crippen molar-refractivity contribution in [1.82, 2.24) is 19.9 Å². The number of nitrogens with zero attached hydrogens (tertiary/aromatic N) is 3. The lowest BCUT2D eigenvalue weighted by atomic mass is 9.95. The zero-order valence-electron chi connectivity index (χ0n) is 17.1. The number of nitrogens with one attached hydrogen (secondary N) is 1. The third-order valence-electron chi connectivity index (χ3n) is 5.12. The number of aromatic nitrogens is 3. The number of carbonyl (C=O) groups excluding carboxylic acids is 1. The number of hydrogen-bond donors (Lipinski definition) is 2. The van der Waals surface area contributed by atoms with Gasteiger partial charge in [-0.1, -0.05) is 44.7 Å². The van der Waals surface area contributed by atoms with Crippen molar-refractivity contribution in [2.24, 2.45) is 11.1 Å². The molecule has 3 aromatic rings. The van der Waals surface area contributed by atoms with E-state index in [1.807, 2.05) is 18.5 Å². The van der Waals surface area contributed by atoms with Crippen molar-refractivity contribution >= 4 is 28.7 Å². The molecule has 1 aromatic carbocycles. The molecule has 0 saturated carbocycles. The zero-order chi connectivity index (χ0) is 20.8. The molecule has 4 rings (SSSR count). The molecule has 1 aliphatic rings. The first-order chi connectivity index (χ1) is 13.7. The fourth-order valence-corrected chi connectivity index (χ4v) is 4.85. The molecule has 1 amide bonds. The van der Waals surface area contributed by atoms with Crippen LogP contribution in [0.1, 0.15) is 31.9 Å². The third kappa shape index (κ3) is 3.74. The number of hydrogen-bond acceptors (Lipinski definition) is 5. The molecule has 7 heteroatoms. The highest BCUT2D eigenvalue weighted by Crippen LogP contribution is 2.43. The third-order valence-corrected chi connectivity index (χ3v) is 6.88. The van der Waals surface area contributed by atoms with Gasteiger partial charge in [0.05, 0.1) is 27.0 Å². The Balaban J connectivity index is 1.64. The van der Waals surface area contributed by atoms with E-state index in [-0.39, 0.29) is 16.7 Å². The van der Waals surface area contributed by atoms with Gasteiger partial charge in [0.15, 0.2) is 0 Å². The first kappa shape index (κ1) is 19.5. The van der Waals surface area contributed by atoms with E-state index >= 15 is 0 Å². The number of carbonyl (C=O) groups is 1. The van der Waals surface area contributed by atoms with E-state index in [9.17, 15) is 4.79 Å². The summed E-state index contributed by atoms with van der Waals surface area (Å²) in [7, 11) is 0. The summed E-state index contributed by atoms with van der Waals surface area (Å²) in [6.07, 6.45) is 5.38. The molecule has 1 unspecified atom stereocenters. The summed E-state index contributed by atoms with van der Waals surface area (Å²) in [6.45, 7) is 9.38. The van der Waals surface area contributed by atoms with Crippen molar-refractivity contribution in [3.05, 3.63) is 59.0 Å². The fourth-order valence-electron chi connectivity index (χ4n) is 3.67. The maximum atomic E-state index is 11.7. The van der Waals surface area contributed by atoms with Gasteiger partial charge in [-0.2, -0.15) is 0 Å². The summed E-state index contributed by atoms with van der Waals surface area (Å²) in [6, 6.07) is 8.34. The Hall–Kier alpha value is -2.80. The molecule has 6 nitrogen and oxygen atoms in total. The van der Waals surface area contributed by atoms with Crippen molar-refractivity contribution in [2.45, 2.75) is 39.6 Å². The van der Waals surface area contributed by atoms with E-state index in [0.29, 0.717) is 4.91 Å². The van der Waals surface area contributed by atoms with Gasteiger partial charge in [0.2, 0.25) is 0 Å². The molecule has 29 heavy (non-hydrogen) atoms. The van der Waals surface area contributed by atoms with Gasteiger partial charge in [-0.3, -0.25) is 4.79 Å². The van der Waals surface area contributed by atoms with Crippen molar-refractivity contribution < 1.29 is 4.79 Å². The van der Waals surface area contributed by atoms with Gasteiger partial charge in [0.1, 0.15) is 6.33 Å². The smallest absolute Gasteiger partial charge is 0.256 e. The Kier molecular flexibility index (Phi) is 4.86. The zero-order valence-corrected chi connectivity index (χ0v) is 17.9. The van der Waals surface area contributed by atoms with E-state index in [1.165, 1.54) is 11.1 Å². The van der Waals surface area contributed by atoms with Crippen LogP contribution >= 0.6 is 11.8 Å². The molecule has 1 aliphatic heterocycles. The molecule has 0 saturated heterocycles. The normalized spacial score (nSPS) is 17.0. The molecule has 0 aliphatic carbocycles. The number of aryl methyl sites for hydroxylation is 1. The second kappa shape index (κ2) is 7.22. The van der Waals surface area contributed by atoms with Crippen LogP contribution in [-0.2, 0) is 11.3 Å². The molecule has 0 spiro atoms. The second-order valence-electron chi connectivity index (χ2n) is 8.47.